The summed E-state index contributed by atoms with van der Waals surface area (Å²) in [7, 11) is 1.56. The van der Waals surface area contributed by atoms with Crippen LogP contribution in [0.3, 0.4) is 0 Å². The number of ether oxygens (including phenoxy) is 2. The van der Waals surface area contributed by atoms with Crippen molar-refractivity contribution in [2.75, 3.05) is 12.4 Å². The molecule has 7 nitrogen and oxygen atoms in total. The van der Waals surface area contributed by atoms with Crippen molar-refractivity contribution in [3.63, 3.8) is 0 Å². The zero-order valence-electron chi connectivity index (χ0n) is 16.7. The summed E-state index contributed by atoms with van der Waals surface area (Å²) in [5.41, 5.74) is 1.45. The predicted molar refractivity (Wildman–Crippen MR) is 115 cm³/mol. The predicted octanol–water partition coefficient (Wildman–Crippen LogP) is 4.32. The number of hydrogen-bond acceptors (Lipinski definition) is 8. The van der Waals surface area contributed by atoms with Crippen molar-refractivity contribution in [1.82, 2.24) is 15.0 Å². The van der Waals surface area contributed by atoms with Crippen molar-refractivity contribution >= 4 is 29.2 Å². The van der Waals surface area contributed by atoms with E-state index in [0.717, 1.165) is 5.69 Å². The standard InChI is InChI=1S/C22H20N4O3S/c1-5-16-19(30-20-11-17(23-13-24-20)22(27)29-14(2)3)12-18(28-4)21(26-16)25-15-9-7-6-8-10-15/h1,6-14H,2-4H3,(H,25,26). The van der Waals surface area contributed by atoms with Crippen LogP contribution in [0.4, 0.5) is 11.5 Å². The molecule has 0 unspecified atom stereocenters. The topological polar surface area (TPSA) is 86.2 Å². The monoisotopic (exact) mass is 420 g/mol. The number of rotatable bonds is 7. The van der Waals surface area contributed by atoms with Crippen LogP contribution in [0.5, 0.6) is 5.75 Å². The zero-order chi connectivity index (χ0) is 21.5. The minimum absolute atomic E-state index is 0.172. The van der Waals surface area contributed by atoms with E-state index in [1.54, 1.807) is 33.1 Å². The molecule has 1 aromatic carbocycles. The summed E-state index contributed by atoms with van der Waals surface area (Å²) >= 11 is 1.26. The number of nitrogens with one attached hydrogen (secondary N) is 1. The van der Waals surface area contributed by atoms with Crippen LogP contribution in [0.25, 0.3) is 0 Å². The van der Waals surface area contributed by atoms with Crippen LogP contribution in [-0.2, 0) is 4.74 Å². The number of carbonyl (C=O) groups is 1. The normalized spacial score (nSPS) is 10.4. The molecular formula is C22H20N4O3S. The van der Waals surface area contributed by atoms with E-state index in [1.165, 1.54) is 18.1 Å². The van der Waals surface area contributed by atoms with Crippen LogP contribution in [-0.4, -0.2) is 34.1 Å². The number of nitrogens with zero attached hydrogens (tertiary/aromatic N) is 3. The Morgan fingerprint density at radius 3 is 2.63 bits per heavy atom. The quantitative estimate of drug-likeness (QED) is 0.344. The van der Waals surface area contributed by atoms with Gasteiger partial charge in [0.15, 0.2) is 17.3 Å². The molecule has 0 amide bonds. The number of esters is 1. The third-order valence-corrected chi connectivity index (χ3v) is 4.72. The second-order valence-corrected chi connectivity index (χ2v) is 7.38. The second-order valence-electron chi connectivity index (χ2n) is 6.32. The molecule has 0 atom stereocenters. The Morgan fingerprint density at radius 1 is 1.20 bits per heavy atom. The van der Waals surface area contributed by atoms with Crippen LogP contribution >= 0.6 is 11.8 Å². The minimum Gasteiger partial charge on any atom is -0.493 e. The SMILES string of the molecule is C#Cc1nc(Nc2ccccc2)c(OC)cc1Sc1cc(C(=O)OC(C)C)ncn1. The molecule has 0 bridgehead atoms. The number of methoxy groups -OCH3 is 1. The molecule has 1 N–H and O–H groups in total. The van der Waals surface area contributed by atoms with Gasteiger partial charge in [-0.2, -0.15) is 0 Å². The molecule has 0 radical (unpaired) electrons. The van der Waals surface area contributed by atoms with Crippen molar-refractivity contribution in [1.29, 1.82) is 0 Å². The van der Waals surface area contributed by atoms with Gasteiger partial charge in [-0.3, -0.25) is 0 Å². The molecule has 8 heteroatoms. The number of carbonyl (C=O) groups excluding carboxylic acids is 1. The van der Waals surface area contributed by atoms with E-state index in [2.05, 4.69) is 26.2 Å². The Balaban J connectivity index is 1.89. The minimum atomic E-state index is -0.510. The van der Waals surface area contributed by atoms with Gasteiger partial charge in [0.05, 0.1) is 18.1 Å². The largest absolute Gasteiger partial charge is 0.493 e. The van der Waals surface area contributed by atoms with Gasteiger partial charge in [0.2, 0.25) is 0 Å². The van der Waals surface area contributed by atoms with Crippen molar-refractivity contribution in [3.05, 3.63) is 60.2 Å². The van der Waals surface area contributed by atoms with Crippen molar-refractivity contribution in [2.24, 2.45) is 0 Å². The van der Waals surface area contributed by atoms with E-state index in [4.69, 9.17) is 15.9 Å². The lowest BCUT2D eigenvalue weighted by atomic mass is 10.3. The number of pyridine rings is 1. The summed E-state index contributed by atoms with van der Waals surface area (Å²) in [6.45, 7) is 3.55. The Hall–Kier alpha value is -3.57. The molecular weight excluding hydrogens is 400 g/mol. The molecule has 0 aliphatic rings. The first-order valence-electron chi connectivity index (χ1n) is 9.08. The van der Waals surface area contributed by atoms with E-state index in [0.29, 0.717) is 27.2 Å². The summed E-state index contributed by atoms with van der Waals surface area (Å²) in [4.78, 5) is 25.5. The summed E-state index contributed by atoms with van der Waals surface area (Å²) in [6.07, 6.45) is 6.76. The third-order valence-electron chi connectivity index (χ3n) is 3.75. The second kappa shape index (κ2) is 9.76. The zero-order valence-corrected chi connectivity index (χ0v) is 17.6. The fourth-order valence-electron chi connectivity index (χ4n) is 2.46. The van der Waals surface area contributed by atoms with Gasteiger partial charge >= 0.3 is 5.97 Å². The maximum Gasteiger partial charge on any atom is 0.357 e. The summed E-state index contributed by atoms with van der Waals surface area (Å²) < 4.78 is 10.7. The fourth-order valence-corrected chi connectivity index (χ4v) is 3.32. The molecule has 2 aromatic heterocycles. The van der Waals surface area contributed by atoms with Crippen molar-refractivity contribution in [2.45, 2.75) is 29.9 Å². The van der Waals surface area contributed by atoms with Gasteiger partial charge < -0.3 is 14.8 Å². The van der Waals surface area contributed by atoms with E-state index in [9.17, 15) is 4.79 Å². The Labute approximate surface area is 179 Å². The molecule has 30 heavy (non-hydrogen) atoms. The van der Waals surface area contributed by atoms with Gasteiger partial charge in [0, 0.05) is 17.8 Å². The first-order chi connectivity index (χ1) is 14.5. The molecule has 0 aliphatic heterocycles. The number of para-hydroxylation sites is 1. The maximum absolute atomic E-state index is 12.1. The lowest BCUT2D eigenvalue weighted by molar-refractivity contribution is 0.0370. The Morgan fingerprint density at radius 2 is 1.97 bits per heavy atom. The van der Waals surface area contributed by atoms with E-state index in [1.807, 2.05) is 30.3 Å². The molecule has 0 saturated carbocycles. The van der Waals surface area contributed by atoms with Crippen LogP contribution < -0.4 is 10.1 Å². The number of aromatic nitrogens is 3. The van der Waals surface area contributed by atoms with Gasteiger partial charge in [-0.1, -0.05) is 30.0 Å². The highest BCUT2D eigenvalue weighted by Gasteiger charge is 2.16. The van der Waals surface area contributed by atoms with Crippen molar-refractivity contribution in [3.8, 4) is 18.1 Å². The summed E-state index contributed by atoms with van der Waals surface area (Å²) in [5.74, 6) is 3.11. The Bertz CT molecular complexity index is 1080. The lowest BCUT2D eigenvalue weighted by Crippen LogP contribution is -2.13. The fraction of sp³-hybridized carbons (Fsp3) is 0.182. The van der Waals surface area contributed by atoms with E-state index < -0.39 is 5.97 Å². The van der Waals surface area contributed by atoms with Crippen molar-refractivity contribution < 1.29 is 14.3 Å². The molecule has 0 saturated heterocycles. The number of hydrogen-bond donors (Lipinski definition) is 1. The van der Waals surface area contributed by atoms with Crippen LogP contribution in [0.1, 0.15) is 30.0 Å². The van der Waals surface area contributed by atoms with Crippen LogP contribution in [0, 0.1) is 12.3 Å². The molecule has 3 aromatic rings. The number of benzene rings is 1. The molecule has 2 heterocycles. The highest BCUT2D eigenvalue weighted by Crippen LogP contribution is 2.35. The maximum atomic E-state index is 12.1. The highest BCUT2D eigenvalue weighted by molar-refractivity contribution is 7.99. The first kappa shape index (κ1) is 21.1. The average molecular weight is 420 g/mol. The van der Waals surface area contributed by atoms with E-state index >= 15 is 0 Å². The number of anilines is 2. The molecule has 0 spiro atoms. The van der Waals surface area contributed by atoms with Crippen LogP contribution in [0.15, 0.2) is 58.7 Å². The van der Waals surface area contributed by atoms with Gasteiger partial charge in [-0.05, 0) is 31.9 Å². The highest BCUT2D eigenvalue weighted by atomic mass is 32.2. The van der Waals surface area contributed by atoms with Gasteiger partial charge in [-0.25, -0.2) is 19.7 Å². The number of terminal acetylenes is 1. The average Bonchev–Trinajstić information content (AvgIpc) is 2.75. The smallest absolute Gasteiger partial charge is 0.357 e. The first-order valence-corrected chi connectivity index (χ1v) is 9.90. The van der Waals surface area contributed by atoms with Crippen LogP contribution in [0.2, 0.25) is 0 Å². The van der Waals surface area contributed by atoms with E-state index in [-0.39, 0.29) is 11.8 Å². The Kier molecular flexibility index (Phi) is 6.88. The lowest BCUT2D eigenvalue weighted by Gasteiger charge is -2.13. The molecule has 152 valence electrons. The molecule has 0 aliphatic carbocycles. The van der Waals surface area contributed by atoms with Gasteiger partial charge in [-0.15, -0.1) is 6.42 Å². The summed E-state index contributed by atoms with van der Waals surface area (Å²) in [6, 6.07) is 12.9. The molecule has 3 rings (SSSR count). The summed E-state index contributed by atoms with van der Waals surface area (Å²) in [5, 5.41) is 3.74. The third kappa shape index (κ3) is 5.27. The molecule has 0 fully saturated rings. The van der Waals surface area contributed by atoms with Gasteiger partial charge in [0.1, 0.15) is 17.0 Å². The van der Waals surface area contributed by atoms with Gasteiger partial charge in [0.25, 0.3) is 0 Å².